The van der Waals surface area contributed by atoms with Crippen molar-refractivity contribution in [2.75, 3.05) is 9.80 Å². The molecule has 0 aliphatic heterocycles. The lowest BCUT2D eigenvalue weighted by Gasteiger charge is -2.28. The maximum absolute atomic E-state index is 2.41. The Kier molecular flexibility index (Phi) is 9.88. The summed E-state index contributed by atoms with van der Waals surface area (Å²) in [6, 6.07) is 93.0. The van der Waals surface area contributed by atoms with E-state index in [1.807, 2.05) is 0 Å². The third kappa shape index (κ3) is 7.15. The highest BCUT2D eigenvalue weighted by atomic mass is 15.1. The monoisotopic (exact) mass is 856 g/mol. The van der Waals surface area contributed by atoms with E-state index in [0.29, 0.717) is 0 Å². The fourth-order valence-corrected chi connectivity index (χ4v) is 10.4. The average Bonchev–Trinajstić information content (AvgIpc) is 3.62. The largest absolute Gasteiger partial charge is 0.310 e. The van der Waals surface area contributed by atoms with Crippen LogP contribution in [-0.4, -0.2) is 0 Å². The van der Waals surface area contributed by atoms with Crippen molar-refractivity contribution >= 4 is 55.7 Å². The number of rotatable bonds is 9. The van der Waals surface area contributed by atoms with Gasteiger partial charge < -0.3 is 9.80 Å². The lowest BCUT2D eigenvalue weighted by atomic mass is 9.82. The first-order valence-corrected chi connectivity index (χ1v) is 23.2. The minimum absolute atomic E-state index is 0.106. The van der Waals surface area contributed by atoms with Gasteiger partial charge in [-0.2, -0.15) is 0 Å². The predicted molar refractivity (Wildman–Crippen MR) is 285 cm³/mol. The number of hydrogen-bond donors (Lipinski definition) is 0. The molecule has 0 saturated heterocycles. The summed E-state index contributed by atoms with van der Waals surface area (Å²) in [7, 11) is 0. The summed E-state index contributed by atoms with van der Waals surface area (Å²) >= 11 is 0. The molecule has 0 N–H and O–H groups in total. The van der Waals surface area contributed by atoms with Crippen LogP contribution >= 0.6 is 0 Å². The van der Waals surface area contributed by atoms with E-state index in [2.05, 4.69) is 278 Å². The van der Waals surface area contributed by atoms with Crippen LogP contribution < -0.4 is 9.80 Å². The highest BCUT2D eigenvalue weighted by Crippen LogP contribution is 2.51. The van der Waals surface area contributed by atoms with Crippen molar-refractivity contribution in [3.63, 3.8) is 0 Å². The van der Waals surface area contributed by atoms with Crippen molar-refractivity contribution < 1.29 is 0 Å². The number of hydrogen-bond acceptors (Lipinski definition) is 2. The molecule has 0 aromatic heterocycles. The van der Waals surface area contributed by atoms with Crippen molar-refractivity contribution in [1.82, 2.24) is 0 Å². The second kappa shape index (κ2) is 16.5. The van der Waals surface area contributed by atoms with Gasteiger partial charge in [-0.15, -0.1) is 0 Å². The molecule has 2 heteroatoms. The maximum Gasteiger partial charge on any atom is 0.0468 e. The van der Waals surface area contributed by atoms with E-state index in [0.717, 1.165) is 45.3 Å². The van der Waals surface area contributed by atoms with Crippen LogP contribution in [0.25, 0.3) is 66.1 Å². The first-order chi connectivity index (χ1) is 33.0. The second-order valence-electron chi connectivity index (χ2n) is 18.2. The Hall–Kier alpha value is -8.46. The van der Waals surface area contributed by atoms with Crippen LogP contribution in [0.2, 0.25) is 0 Å². The first kappa shape index (κ1) is 40.1. The van der Waals surface area contributed by atoms with Crippen LogP contribution in [0, 0.1) is 0 Å². The molecule has 0 bridgehead atoms. The van der Waals surface area contributed by atoms with Gasteiger partial charge >= 0.3 is 0 Å². The van der Waals surface area contributed by atoms with Gasteiger partial charge in [0.25, 0.3) is 0 Å². The van der Waals surface area contributed by atoms with Crippen molar-refractivity contribution in [1.29, 1.82) is 0 Å². The molecule has 11 aromatic carbocycles. The van der Waals surface area contributed by atoms with Gasteiger partial charge in [0, 0.05) is 39.5 Å². The number of benzene rings is 11. The van der Waals surface area contributed by atoms with E-state index in [1.54, 1.807) is 0 Å². The van der Waals surface area contributed by atoms with Crippen LogP contribution in [0.15, 0.2) is 255 Å². The average molecular weight is 857 g/mol. The predicted octanol–water partition coefficient (Wildman–Crippen LogP) is 18.2. The van der Waals surface area contributed by atoms with Crippen molar-refractivity contribution in [2.45, 2.75) is 19.3 Å². The molecule has 0 unspecified atom stereocenters. The Labute approximate surface area is 393 Å². The van der Waals surface area contributed by atoms with Crippen molar-refractivity contribution in [3.8, 4) is 44.5 Å². The Bertz CT molecular complexity index is 3560. The summed E-state index contributed by atoms with van der Waals surface area (Å²) in [6.45, 7) is 4.70. The van der Waals surface area contributed by atoms with Crippen LogP contribution in [0.1, 0.15) is 25.0 Å². The fraction of sp³-hybridized carbons (Fsp3) is 0.0462. The number of nitrogens with zero attached hydrogens (tertiary/aromatic N) is 2. The van der Waals surface area contributed by atoms with E-state index in [-0.39, 0.29) is 5.41 Å². The summed E-state index contributed by atoms with van der Waals surface area (Å²) in [4.78, 5) is 4.77. The molecule has 2 nitrogen and oxygen atoms in total. The number of para-hydroxylation sites is 1. The first-order valence-electron chi connectivity index (χ1n) is 23.2. The summed E-state index contributed by atoms with van der Waals surface area (Å²) in [5.41, 5.74) is 19.1. The van der Waals surface area contributed by atoms with Gasteiger partial charge in [-0.3, -0.25) is 0 Å². The van der Waals surface area contributed by atoms with Gasteiger partial charge in [0.05, 0.1) is 0 Å². The highest BCUT2D eigenvalue weighted by molar-refractivity contribution is 6.15. The lowest BCUT2D eigenvalue weighted by molar-refractivity contribution is 0.660. The summed E-state index contributed by atoms with van der Waals surface area (Å²) < 4.78 is 0. The van der Waals surface area contributed by atoms with Gasteiger partial charge in [0.15, 0.2) is 0 Å². The summed E-state index contributed by atoms with van der Waals surface area (Å²) in [6.07, 6.45) is 0. The number of fused-ring (bicyclic) bond motifs is 6. The summed E-state index contributed by atoms with van der Waals surface area (Å²) in [5, 5.41) is 4.99. The zero-order valence-electron chi connectivity index (χ0n) is 37.6. The van der Waals surface area contributed by atoms with Gasteiger partial charge in [0.2, 0.25) is 0 Å². The standard InChI is InChI=1S/C65H48N2/c1-65(2)63-25-15-14-24-59(63)60-41-39-56(44-64(60)65)67(53-32-26-46(27-33-53)45-16-6-3-7-17-45)54-36-30-48(31-37-54)47-28-34-52(35-29-47)66(51-21-10-5-11-22-51)55-38-40-58-57-23-13-12-20-50(57)42-61(62(58)43-55)49-18-8-4-9-19-49/h3-44H,1-2H3. The smallest absolute Gasteiger partial charge is 0.0468 e. The van der Waals surface area contributed by atoms with E-state index in [1.165, 1.54) is 66.1 Å². The van der Waals surface area contributed by atoms with Crippen molar-refractivity contribution in [2.24, 2.45) is 0 Å². The molecule has 0 heterocycles. The van der Waals surface area contributed by atoms with Gasteiger partial charge in [0.1, 0.15) is 0 Å². The molecule has 0 spiro atoms. The van der Waals surface area contributed by atoms with Crippen LogP contribution in [0.3, 0.4) is 0 Å². The molecule has 318 valence electrons. The molecule has 12 rings (SSSR count). The minimum Gasteiger partial charge on any atom is -0.310 e. The molecular formula is C65H48N2. The Morgan fingerprint density at radius 3 is 1.30 bits per heavy atom. The van der Waals surface area contributed by atoms with E-state index < -0.39 is 0 Å². The lowest BCUT2D eigenvalue weighted by Crippen LogP contribution is -2.16. The SMILES string of the molecule is CC1(C)c2ccccc2-c2ccc(N(c3ccc(-c4ccccc4)cc3)c3ccc(-c4ccc(N(c5ccccc5)c5ccc6c(c5)c(-c5ccccc5)cc5ccccc56)cc4)cc3)cc21. The van der Waals surface area contributed by atoms with E-state index in [4.69, 9.17) is 0 Å². The second-order valence-corrected chi connectivity index (χ2v) is 18.2. The summed E-state index contributed by atoms with van der Waals surface area (Å²) in [5.74, 6) is 0. The highest BCUT2D eigenvalue weighted by Gasteiger charge is 2.35. The molecule has 0 radical (unpaired) electrons. The zero-order valence-corrected chi connectivity index (χ0v) is 37.6. The van der Waals surface area contributed by atoms with Gasteiger partial charge in [-0.25, -0.2) is 0 Å². The third-order valence-electron chi connectivity index (χ3n) is 13.8. The Morgan fingerprint density at radius 2 is 0.687 bits per heavy atom. The van der Waals surface area contributed by atoms with Crippen molar-refractivity contribution in [3.05, 3.63) is 266 Å². The molecule has 0 fully saturated rings. The fourth-order valence-electron chi connectivity index (χ4n) is 10.4. The molecule has 1 aliphatic rings. The molecule has 0 amide bonds. The molecule has 0 saturated carbocycles. The Morgan fingerprint density at radius 1 is 0.254 bits per heavy atom. The van der Waals surface area contributed by atoms with Crippen LogP contribution in [-0.2, 0) is 5.41 Å². The topological polar surface area (TPSA) is 6.48 Å². The zero-order chi connectivity index (χ0) is 44.9. The molecule has 0 atom stereocenters. The number of anilines is 6. The minimum atomic E-state index is -0.106. The molecular weight excluding hydrogens is 809 g/mol. The van der Waals surface area contributed by atoms with Crippen LogP contribution in [0.5, 0.6) is 0 Å². The maximum atomic E-state index is 2.41. The molecule has 1 aliphatic carbocycles. The van der Waals surface area contributed by atoms with Gasteiger partial charge in [-0.05, 0) is 156 Å². The molecule has 67 heavy (non-hydrogen) atoms. The Balaban J connectivity index is 0.907. The van der Waals surface area contributed by atoms with E-state index in [9.17, 15) is 0 Å². The molecule has 11 aromatic rings. The quantitative estimate of drug-likeness (QED) is 0.133. The van der Waals surface area contributed by atoms with Gasteiger partial charge in [-0.1, -0.05) is 190 Å². The van der Waals surface area contributed by atoms with E-state index >= 15 is 0 Å². The van der Waals surface area contributed by atoms with Crippen LogP contribution in [0.4, 0.5) is 34.1 Å². The third-order valence-corrected chi connectivity index (χ3v) is 13.8. The normalized spacial score (nSPS) is 12.4.